The van der Waals surface area contributed by atoms with Crippen LogP contribution >= 0.6 is 22.9 Å². The van der Waals surface area contributed by atoms with Crippen molar-refractivity contribution in [2.45, 2.75) is 13.5 Å². The number of hydrogen-bond acceptors (Lipinski definition) is 6. The average Bonchev–Trinajstić information content (AvgIpc) is 3.00. The zero-order chi connectivity index (χ0) is 20.1. The second kappa shape index (κ2) is 8.81. The lowest BCUT2D eigenvalue weighted by Gasteiger charge is -2.09. The molecule has 0 bridgehead atoms. The molecule has 1 aromatic heterocycles. The van der Waals surface area contributed by atoms with Crippen molar-refractivity contribution in [3.05, 3.63) is 75.0 Å². The number of hydrazone groups is 1. The van der Waals surface area contributed by atoms with Crippen LogP contribution in [0.1, 0.15) is 26.5 Å². The van der Waals surface area contributed by atoms with Gasteiger partial charge in [-0.1, -0.05) is 41.1 Å². The molecule has 0 aliphatic rings. The van der Waals surface area contributed by atoms with Gasteiger partial charge in [-0.05, 0) is 36.8 Å². The molecule has 2 aromatic carbocycles. The van der Waals surface area contributed by atoms with Crippen LogP contribution < -0.4 is 15.9 Å². The highest BCUT2D eigenvalue weighted by Gasteiger charge is 2.13. The largest absolute Gasteiger partial charge is 0.489 e. The maximum atomic E-state index is 13.8. The molecule has 1 heterocycles. The van der Waals surface area contributed by atoms with E-state index in [4.69, 9.17) is 22.1 Å². The summed E-state index contributed by atoms with van der Waals surface area (Å²) in [6.07, 6.45) is 1.47. The summed E-state index contributed by atoms with van der Waals surface area (Å²) in [6.45, 7) is 1.70. The van der Waals surface area contributed by atoms with Gasteiger partial charge in [0.25, 0.3) is 5.91 Å². The Morgan fingerprint density at radius 3 is 2.89 bits per heavy atom. The minimum atomic E-state index is -0.424. The molecule has 0 saturated carbocycles. The third-order valence-electron chi connectivity index (χ3n) is 3.70. The van der Waals surface area contributed by atoms with Crippen LogP contribution in [-0.2, 0) is 6.61 Å². The predicted octanol–water partition coefficient (Wildman–Crippen LogP) is 4.17. The number of carbonyl (C=O) groups excluding carboxylic acids is 1. The number of hydrogen-bond donors (Lipinski definition) is 2. The van der Waals surface area contributed by atoms with Crippen LogP contribution in [0, 0.1) is 12.7 Å². The fraction of sp³-hybridized carbons (Fsp3) is 0.105. The van der Waals surface area contributed by atoms with Gasteiger partial charge in [0.05, 0.1) is 16.9 Å². The molecule has 3 N–H and O–H groups in total. The van der Waals surface area contributed by atoms with Gasteiger partial charge < -0.3 is 10.5 Å². The van der Waals surface area contributed by atoms with Gasteiger partial charge >= 0.3 is 0 Å². The first kappa shape index (κ1) is 19.8. The number of nitrogen functional groups attached to an aromatic ring is 1. The Hall–Kier alpha value is -2.97. The normalized spacial score (nSPS) is 11.0. The van der Waals surface area contributed by atoms with Gasteiger partial charge in [-0.25, -0.2) is 14.8 Å². The first-order valence-electron chi connectivity index (χ1n) is 8.16. The van der Waals surface area contributed by atoms with Gasteiger partial charge in [-0.2, -0.15) is 5.10 Å². The number of thiazole rings is 1. The van der Waals surface area contributed by atoms with Crippen molar-refractivity contribution in [3.63, 3.8) is 0 Å². The number of carbonyl (C=O) groups is 1. The number of nitrogens with two attached hydrogens (primary N) is 1. The molecular formula is C19H16ClFN4O2S. The highest BCUT2D eigenvalue weighted by atomic mass is 35.5. The summed E-state index contributed by atoms with van der Waals surface area (Å²) in [4.78, 5) is 16.5. The number of aromatic nitrogens is 1. The molecule has 0 atom stereocenters. The molecule has 3 aromatic rings. The second-order valence-electron chi connectivity index (χ2n) is 5.73. The van der Waals surface area contributed by atoms with E-state index in [-0.39, 0.29) is 18.1 Å². The summed E-state index contributed by atoms with van der Waals surface area (Å²) in [5, 5.41) is 4.56. The van der Waals surface area contributed by atoms with E-state index in [1.807, 2.05) is 0 Å². The third kappa shape index (κ3) is 4.85. The predicted molar refractivity (Wildman–Crippen MR) is 109 cm³/mol. The molecular weight excluding hydrogens is 403 g/mol. The Morgan fingerprint density at radius 2 is 2.18 bits per heavy atom. The van der Waals surface area contributed by atoms with Crippen LogP contribution in [-0.4, -0.2) is 17.1 Å². The molecule has 6 nitrogen and oxygen atoms in total. The van der Waals surface area contributed by atoms with Gasteiger partial charge in [0.15, 0.2) is 5.13 Å². The van der Waals surface area contributed by atoms with Gasteiger partial charge in [-0.3, -0.25) is 4.79 Å². The third-order valence-corrected chi connectivity index (χ3v) is 5.04. The number of rotatable bonds is 6. The Kier molecular flexibility index (Phi) is 6.23. The molecule has 0 saturated heterocycles. The first-order valence-corrected chi connectivity index (χ1v) is 9.35. The number of ether oxygens (including phenoxy) is 1. The van der Waals surface area contributed by atoms with Crippen molar-refractivity contribution in [2.75, 3.05) is 5.73 Å². The van der Waals surface area contributed by atoms with E-state index >= 15 is 0 Å². The molecule has 0 aliphatic carbocycles. The van der Waals surface area contributed by atoms with Crippen molar-refractivity contribution >= 4 is 40.2 Å². The zero-order valence-electron chi connectivity index (χ0n) is 14.8. The van der Waals surface area contributed by atoms with E-state index in [2.05, 4.69) is 15.5 Å². The Bertz CT molecular complexity index is 1020. The number of amides is 1. The maximum absolute atomic E-state index is 13.8. The molecule has 3 rings (SSSR count). The van der Waals surface area contributed by atoms with E-state index in [1.165, 1.54) is 18.3 Å². The van der Waals surface area contributed by atoms with Crippen LogP contribution in [0.3, 0.4) is 0 Å². The number of nitrogens with one attached hydrogen (secondary N) is 1. The van der Waals surface area contributed by atoms with Gasteiger partial charge in [-0.15, -0.1) is 0 Å². The van der Waals surface area contributed by atoms with Gasteiger partial charge in [0.1, 0.15) is 23.1 Å². The fourth-order valence-electron chi connectivity index (χ4n) is 2.35. The summed E-state index contributed by atoms with van der Waals surface area (Å²) in [5.41, 5.74) is 9.55. The number of aryl methyl sites for hydroxylation is 1. The number of benzene rings is 2. The Labute approximate surface area is 169 Å². The zero-order valence-corrected chi connectivity index (χ0v) is 16.4. The van der Waals surface area contributed by atoms with Gasteiger partial charge in [0.2, 0.25) is 0 Å². The Balaban J connectivity index is 1.62. The molecule has 1 amide bonds. The smallest absolute Gasteiger partial charge is 0.283 e. The van der Waals surface area contributed by atoms with E-state index in [0.29, 0.717) is 32.0 Å². The number of anilines is 1. The van der Waals surface area contributed by atoms with Crippen molar-refractivity contribution < 1.29 is 13.9 Å². The van der Waals surface area contributed by atoms with Crippen molar-refractivity contribution in [3.8, 4) is 5.75 Å². The summed E-state index contributed by atoms with van der Waals surface area (Å²) in [7, 11) is 0. The lowest BCUT2D eigenvalue weighted by Crippen LogP contribution is -2.17. The van der Waals surface area contributed by atoms with Crippen molar-refractivity contribution in [2.24, 2.45) is 5.10 Å². The van der Waals surface area contributed by atoms with Crippen LogP contribution in [0.2, 0.25) is 5.02 Å². The SMILES string of the molecule is Cc1nc(N)sc1C(=O)NN=Cc1cccc(OCc2c(F)cccc2Cl)c1. The van der Waals surface area contributed by atoms with E-state index < -0.39 is 5.82 Å². The lowest BCUT2D eigenvalue weighted by molar-refractivity contribution is 0.0958. The topological polar surface area (TPSA) is 89.6 Å². The monoisotopic (exact) mass is 418 g/mol. The second-order valence-corrected chi connectivity index (χ2v) is 7.16. The van der Waals surface area contributed by atoms with Crippen molar-refractivity contribution in [1.82, 2.24) is 10.4 Å². The Morgan fingerprint density at radius 1 is 1.39 bits per heavy atom. The molecule has 0 radical (unpaired) electrons. The molecule has 0 unspecified atom stereocenters. The minimum Gasteiger partial charge on any atom is -0.489 e. The van der Waals surface area contributed by atoms with Gasteiger partial charge in [0, 0.05) is 5.56 Å². The first-order chi connectivity index (χ1) is 13.4. The average molecular weight is 419 g/mol. The molecule has 144 valence electrons. The molecule has 0 aliphatic heterocycles. The van der Waals surface area contributed by atoms with Crippen molar-refractivity contribution in [1.29, 1.82) is 0 Å². The van der Waals surface area contributed by atoms with Crippen LogP contribution in [0.4, 0.5) is 9.52 Å². The maximum Gasteiger partial charge on any atom is 0.283 e. The minimum absolute atomic E-state index is 0.00504. The van der Waals surface area contributed by atoms with E-state index in [0.717, 1.165) is 11.3 Å². The summed E-state index contributed by atoms with van der Waals surface area (Å²) < 4.78 is 19.4. The van der Waals surface area contributed by atoms with E-state index in [9.17, 15) is 9.18 Å². The molecule has 28 heavy (non-hydrogen) atoms. The van der Waals surface area contributed by atoms with E-state index in [1.54, 1.807) is 37.3 Å². The molecule has 9 heteroatoms. The standard InChI is InChI=1S/C19H16ClFN4O2S/c1-11-17(28-19(22)24-11)18(26)25-23-9-12-4-2-5-13(8-12)27-10-14-15(20)6-3-7-16(14)21/h2-9H,10H2,1H3,(H2,22,24)(H,25,26). The number of halogens is 2. The number of nitrogens with zero attached hydrogens (tertiary/aromatic N) is 2. The summed E-state index contributed by atoms with van der Waals surface area (Å²) >= 11 is 7.09. The summed E-state index contributed by atoms with van der Waals surface area (Å²) in [5.74, 6) is -0.294. The van der Waals surface area contributed by atoms with Crippen LogP contribution in [0.15, 0.2) is 47.6 Å². The highest BCUT2D eigenvalue weighted by Crippen LogP contribution is 2.22. The molecule has 0 spiro atoms. The highest BCUT2D eigenvalue weighted by molar-refractivity contribution is 7.17. The lowest BCUT2D eigenvalue weighted by atomic mass is 10.2. The van der Waals surface area contributed by atoms with Crippen LogP contribution in [0.25, 0.3) is 0 Å². The fourth-order valence-corrected chi connectivity index (χ4v) is 3.30. The molecule has 0 fully saturated rings. The quantitative estimate of drug-likeness (QED) is 0.464. The summed E-state index contributed by atoms with van der Waals surface area (Å²) in [6, 6.07) is 11.5. The van der Waals surface area contributed by atoms with Crippen LogP contribution in [0.5, 0.6) is 5.75 Å².